The van der Waals surface area contributed by atoms with Crippen molar-refractivity contribution in [2.75, 3.05) is 0 Å². The molecule has 4 N–H and O–H groups in total. The van der Waals surface area contributed by atoms with Crippen molar-refractivity contribution in [1.82, 2.24) is 0 Å². The second kappa shape index (κ2) is 7.45. The zero-order valence-electron chi connectivity index (χ0n) is 18.8. The van der Waals surface area contributed by atoms with Crippen molar-refractivity contribution >= 4 is 11.9 Å². The average Bonchev–Trinajstić information content (AvgIpc) is 2.99. The van der Waals surface area contributed by atoms with Crippen LogP contribution in [-0.2, 0) is 9.59 Å². The summed E-state index contributed by atoms with van der Waals surface area (Å²) < 4.78 is 0. The fourth-order valence-electron chi connectivity index (χ4n) is 8.23. The largest absolute Gasteiger partial charge is 0.481 e. The van der Waals surface area contributed by atoms with E-state index in [-0.39, 0.29) is 36.5 Å². The number of aliphatic hydroxyl groups is 2. The lowest BCUT2D eigenvalue weighted by molar-refractivity contribution is -0.258. The van der Waals surface area contributed by atoms with Gasteiger partial charge in [0.05, 0.1) is 6.42 Å². The van der Waals surface area contributed by atoms with Crippen LogP contribution in [0.1, 0.15) is 72.1 Å². The van der Waals surface area contributed by atoms with E-state index in [1.807, 2.05) is 13.0 Å². The van der Waals surface area contributed by atoms with Gasteiger partial charge in [0.1, 0.15) is 0 Å². The molecule has 7 atom stereocenters. The molecule has 0 aromatic carbocycles. The van der Waals surface area contributed by atoms with Gasteiger partial charge in [0.2, 0.25) is 0 Å². The Hall–Kier alpha value is -1.66. The molecular weight excluding hydrogens is 396 g/mol. The number of allylic oxidation sites excluding steroid dienone is 2. The molecule has 0 aromatic heterocycles. The molecule has 172 valence electrons. The molecule has 2 fully saturated rings. The zero-order chi connectivity index (χ0) is 22.8. The summed E-state index contributed by atoms with van der Waals surface area (Å²) in [4.78, 5) is 22.5. The standard InChI is InChI=1S/C25H36O6/c1-14(10-21(26)27)18-6-7-19-17-5-4-16-11-15(12-22(28)29)13-25(30,31)24(16,3)20(17)8-9-23(18,19)2/h4,11,14,17-20,30-31H,5-10,12-13H2,1-3H3,(H,26,27)(H,28,29)/t14?,17-,18+,19-,20-,23+,24-/m0/s1. The highest BCUT2D eigenvalue weighted by molar-refractivity contribution is 5.70. The van der Waals surface area contributed by atoms with Gasteiger partial charge in [-0.15, -0.1) is 0 Å². The molecule has 0 spiro atoms. The normalized spacial score (nSPS) is 41.8. The number of carbonyl (C=O) groups is 2. The van der Waals surface area contributed by atoms with Gasteiger partial charge >= 0.3 is 11.9 Å². The lowest BCUT2D eigenvalue weighted by atomic mass is 9.46. The van der Waals surface area contributed by atoms with E-state index >= 15 is 0 Å². The van der Waals surface area contributed by atoms with Gasteiger partial charge < -0.3 is 20.4 Å². The predicted molar refractivity (Wildman–Crippen MR) is 115 cm³/mol. The Bertz CT molecular complexity index is 841. The molecule has 4 rings (SSSR count). The number of rotatable bonds is 5. The summed E-state index contributed by atoms with van der Waals surface area (Å²) in [7, 11) is 0. The summed E-state index contributed by atoms with van der Waals surface area (Å²) in [5, 5.41) is 40.9. The molecule has 6 heteroatoms. The first-order valence-corrected chi connectivity index (χ1v) is 11.7. The van der Waals surface area contributed by atoms with Crippen LogP contribution >= 0.6 is 0 Å². The summed E-state index contributed by atoms with van der Waals surface area (Å²) in [5.41, 5.74) is 0.705. The van der Waals surface area contributed by atoms with Gasteiger partial charge in [-0.2, -0.15) is 0 Å². The number of aliphatic carboxylic acids is 2. The van der Waals surface area contributed by atoms with Crippen LogP contribution in [0.25, 0.3) is 0 Å². The van der Waals surface area contributed by atoms with E-state index in [9.17, 15) is 30.0 Å². The van der Waals surface area contributed by atoms with Crippen LogP contribution < -0.4 is 0 Å². The van der Waals surface area contributed by atoms with Crippen LogP contribution in [0.5, 0.6) is 0 Å². The van der Waals surface area contributed by atoms with E-state index < -0.39 is 23.1 Å². The van der Waals surface area contributed by atoms with Gasteiger partial charge in [-0.05, 0) is 72.7 Å². The Balaban J connectivity index is 1.66. The first-order chi connectivity index (χ1) is 14.4. The van der Waals surface area contributed by atoms with Crippen molar-refractivity contribution in [2.45, 2.75) is 77.9 Å². The number of carboxylic acid groups (broad SMARTS) is 2. The molecule has 0 radical (unpaired) electrons. The minimum atomic E-state index is -1.97. The molecule has 0 saturated heterocycles. The Labute approximate surface area is 184 Å². The van der Waals surface area contributed by atoms with Crippen LogP contribution in [0, 0.1) is 40.4 Å². The van der Waals surface area contributed by atoms with Crippen molar-refractivity contribution in [3.63, 3.8) is 0 Å². The van der Waals surface area contributed by atoms with Crippen molar-refractivity contribution in [3.05, 3.63) is 23.3 Å². The lowest BCUT2D eigenvalue weighted by Crippen LogP contribution is -2.59. The number of carboxylic acids is 2. The summed E-state index contributed by atoms with van der Waals surface area (Å²) in [6.45, 7) is 6.36. The van der Waals surface area contributed by atoms with Crippen LogP contribution in [0.2, 0.25) is 0 Å². The first kappa shape index (κ1) is 22.5. The van der Waals surface area contributed by atoms with Gasteiger partial charge in [0.25, 0.3) is 0 Å². The van der Waals surface area contributed by atoms with E-state index in [1.165, 1.54) is 0 Å². The highest BCUT2D eigenvalue weighted by atomic mass is 16.5. The maximum Gasteiger partial charge on any atom is 0.307 e. The maximum atomic E-state index is 11.3. The Morgan fingerprint density at radius 2 is 1.81 bits per heavy atom. The molecule has 0 aromatic rings. The second-order valence-corrected chi connectivity index (χ2v) is 11.1. The average molecular weight is 433 g/mol. The van der Waals surface area contributed by atoms with E-state index in [0.717, 1.165) is 37.7 Å². The molecule has 0 bridgehead atoms. The van der Waals surface area contributed by atoms with Gasteiger partial charge in [0, 0.05) is 18.3 Å². The minimum Gasteiger partial charge on any atom is -0.481 e. The van der Waals surface area contributed by atoms with Gasteiger partial charge in [-0.1, -0.05) is 38.5 Å². The van der Waals surface area contributed by atoms with Crippen LogP contribution in [-0.4, -0.2) is 38.2 Å². The number of fused-ring (bicyclic) bond motifs is 5. The van der Waals surface area contributed by atoms with Crippen molar-refractivity contribution in [2.24, 2.45) is 40.4 Å². The molecule has 0 aliphatic heterocycles. The maximum absolute atomic E-state index is 11.3. The molecule has 1 unspecified atom stereocenters. The molecule has 6 nitrogen and oxygen atoms in total. The molecule has 0 amide bonds. The highest BCUT2D eigenvalue weighted by Gasteiger charge is 2.64. The smallest absolute Gasteiger partial charge is 0.307 e. The Morgan fingerprint density at radius 3 is 2.45 bits per heavy atom. The predicted octanol–water partition coefficient (Wildman–Crippen LogP) is 3.98. The van der Waals surface area contributed by atoms with E-state index in [1.54, 1.807) is 0 Å². The summed E-state index contributed by atoms with van der Waals surface area (Å²) in [5.74, 6) is -2.23. The highest BCUT2D eigenvalue weighted by Crippen LogP contribution is 2.68. The molecule has 31 heavy (non-hydrogen) atoms. The van der Waals surface area contributed by atoms with E-state index in [0.29, 0.717) is 23.3 Å². The zero-order valence-corrected chi connectivity index (χ0v) is 18.8. The van der Waals surface area contributed by atoms with E-state index in [2.05, 4.69) is 19.9 Å². The quantitative estimate of drug-likeness (QED) is 0.489. The van der Waals surface area contributed by atoms with Crippen molar-refractivity contribution in [3.8, 4) is 0 Å². The van der Waals surface area contributed by atoms with Crippen molar-refractivity contribution < 1.29 is 30.0 Å². The SMILES string of the molecule is CC(CC(=O)O)[C@H]1CC[C@H]2[C@@H]3CC=C4C=C(CC(=O)O)CC(O)(O)[C@]4(C)[C@H]3CC[C@]12C. The van der Waals surface area contributed by atoms with Crippen LogP contribution in [0.3, 0.4) is 0 Å². The fourth-order valence-corrected chi connectivity index (χ4v) is 8.23. The number of hydrogen-bond donors (Lipinski definition) is 4. The molecule has 4 aliphatic carbocycles. The fraction of sp³-hybridized carbons (Fsp3) is 0.760. The summed E-state index contributed by atoms with van der Waals surface area (Å²) >= 11 is 0. The van der Waals surface area contributed by atoms with Crippen LogP contribution in [0.4, 0.5) is 0 Å². The van der Waals surface area contributed by atoms with Crippen molar-refractivity contribution in [1.29, 1.82) is 0 Å². The van der Waals surface area contributed by atoms with Crippen LogP contribution in [0.15, 0.2) is 23.3 Å². The number of hydrogen-bond acceptors (Lipinski definition) is 4. The topological polar surface area (TPSA) is 115 Å². The monoisotopic (exact) mass is 432 g/mol. The third-order valence-corrected chi connectivity index (χ3v) is 9.69. The summed E-state index contributed by atoms with van der Waals surface area (Å²) in [6, 6.07) is 0. The lowest BCUT2D eigenvalue weighted by Gasteiger charge is -2.60. The Kier molecular flexibility index (Phi) is 5.41. The minimum absolute atomic E-state index is 0.0312. The Morgan fingerprint density at radius 1 is 1.10 bits per heavy atom. The second-order valence-electron chi connectivity index (χ2n) is 11.1. The van der Waals surface area contributed by atoms with Gasteiger partial charge in [0.15, 0.2) is 5.79 Å². The first-order valence-electron chi connectivity index (χ1n) is 11.7. The van der Waals surface area contributed by atoms with E-state index in [4.69, 9.17) is 0 Å². The summed E-state index contributed by atoms with van der Waals surface area (Å²) in [6.07, 6.45) is 8.83. The van der Waals surface area contributed by atoms with Gasteiger partial charge in [-0.3, -0.25) is 9.59 Å². The molecule has 0 heterocycles. The van der Waals surface area contributed by atoms with Gasteiger partial charge in [-0.25, -0.2) is 0 Å². The third-order valence-electron chi connectivity index (χ3n) is 9.69. The molecule has 2 saturated carbocycles. The third kappa shape index (κ3) is 3.37. The molecular formula is C25H36O6. The molecule has 4 aliphatic rings.